The molecule has 1 fully saturated rings. The minimum Gasteiger partial charge on any atom is -0.497 e. The maximum absolute atomic E-state index is 11.8. The molecule has 3 aromatic rings. The second kappa shape index (κ2) is 7.27. The summed E-state index contributed by atoms with van der Waals surface area (Å²) in [5, 5.41) is 3.39. The molecule has 0 unspecified atom stereocenters. The number of nitrogens with zero attached hydrogens (tertiary/aromatic N) is 1. The summed E-state index contributed by atoms with van der Waals surface area (Å²) in [4.78, 5) is 16.5. The molecule has 0 bridgehead atoms. The van der Waals surface area contributed by atoms with Crippen LogP contribution in [0.2, 0.25) is 0 Å². The Morgan fingerprint density at radius 2 is 2.07 bits per heavy atom. The number of furan rings is 1. The molecule has 0 saturated carbocycles. The normalized spacial score (nSPS) is 14.9. The molecule has 0 atom stereocenters. The lowest BCUT2D eigenvalue weighted by Gasteiger charge is -1.97. The zero-order chi connectivity index (χ0) is 18.8. The van der Waals surface area contributed by atoms with Gasteiger partial charge in [0.15, 0.2) is 5.58 Å². The number of ether oxygens (including phenoxy) is 1. The number of pyridine rings is 1. The molecular formula is C20H12N2O3S2. The molecule has 1 amide bonds. The van der Waals surface area contributed by atoms with Crippen LogP contribution in [-0.4, -0.2) is 22.3 Å². The van der Waals surface area contributed by atoms with Crippen LogP contribution in [0.3, 0.4) is 0 Å². The van der Waals surface area contributed by atoms with E-state index in [-0.39, 0.29) is 5.91 Å². The molecular weight excluding hydrogens is 380 g/mol. The number of benzene rings is 1. The van der Waals surface area contributed by atoms with Crippen molar-refractivity contribution in [3.8, 4) is 17.6 Å². The van der Waals surface area contributed by atoms with Gasteiger partial charge in [0.2, 0.25) is 0 Å². The number of carbonyl (C=O) groups excluding carboxylic acids is 1. The summed E-state index contributed by atoms with van der Waals surface area (Å²) >= 11 is 6.21. The molecule has 1 aliphatic rings. The molecule has 27 heavy (non-hydrogen) atoms. The number of aromatic nitrogens is 1. The van der Waals surface area contributed by atoms with Crippen molar-refractivity contribution in [2.45, 2.75) is 0 Å². The van der Waals surface area contributed by atoms with Gasteiger partial charge in [0.05, 0.1) is 17.6 Å². The summed E-state index contributed by atoms with van der Waals surface area (Å²) < 4.78 is 11.5. The molecule has 0 radical (unpaired) electrons. The summed E-state index contributed by atoms with van der Waals surface area (Å²) in [6.45, 7) is 0. The van der Waals surface area contributed by atoms with E-state index in [4.69, 9.17) is 21.4 Å². The number of fused-ring (bicyclic) bond motifs is 1. The Hall–Kier alpha value is -3.08. The van der Waals surface area contributed by atoms with E-state index in [2.05, 4.69) is 22.1 Å². The van der Waals surface area contributed by atoms with Crippen molar-refractivity contribution in [1.29, 1.82) is 0 Å². The lowest BCUT2D eigenvalue weighted by Crippen LogP contribution is -2.17. The Kier molecular flexibility index (Phi) is 4.67. The molecule has 0 spiro atoms. The van der Waals surface area contributed by atoms with Gasteiger partial charge in [-0.15, -0.1) is 0 Å². The zero-order valence-corrected chi connectivity index (χ0v) is 15.7. The van der Waals surface area contributed by atoms with Crippen LogP contribution in [0, 0.1) is 11.8 Å². The third-order valence-corrected chi connectivity index (χ3v) is 4.95. The topological polar surface area (TPSA) is 64.4 Å². The van der Waals surface area contributed by atoms with Crippen molar-refractivity contribution in [2.24, 2.45) is 0 Å². The number of carbonyl (C=O) groups is 1. The van der Waals surface area contributed by atoms with Gasteiger partial charge in [-0.1, -0.05) is 35.8 Å². The molecule has 3 heterocycles. The molecule has 7 heteroatoms. The highest BCUT2D eigenvalue weighted by atomic mass is 32.2. The SMILES string of the molecule is COc1ccc(C#Cc2cncc3cc(/C=C4/SC(=S)NC4=O)oc23)cc1. The lowest BCUT2D eigenvalue weighted by atomic mass is 10.2. The van der Waals surface area contributed by atoms with Gasteiger partial charge in [0.1, 0.15) is 15.8 Å². The molecule has 5 nitrogen and oxygen atoms in total. The van der Waals surface area contributed by atoms with Crippen LogP contribution in [0.25, 0.3) is 17.0 Å². The first-order chi connectivity index (χ1) is 13.1. The van der Waals surface area contributed by atoms with E-state index < -0.39 is 0 Å². The largest absolute Gasteiger partial charge is 0.497 e. The van der Waals surface area contributed by atoms with Crippen LogP contribution < -0.4 is 10.1 Å². The number of hydrogen-bond donors (Lipinski definition) is 1. The standard InChI is InChI=1S/C20H12N2O3S2/c1-24-15-6-3-12(4-7-15)2-5-13-10-21-11-14-8-16(25-18(13)14)9-17-19(23)22-20(26)27-17/h3-4,6-11H,1H3,(H,22,23,26)/b17-9+. The van der Waals surface area contributed by atoms with Crippen molar-refractivity contribution >= 4 is 51.3 Å². The van der Waals surface area contributed by atoms with Crippen LogP contribution in [0.5, 0.6) is 5.75 Å². The fraction of sp³-hybridized carbons (Fsp3) is 0.0500. The summed E-state index contributed by atoms with van der Waals surface area (Å²) in [6.07, 6.45) is 5.03. The number of methoxy groups -OCH3 is 1. The number of amides is 1. The molecule has 0 aliphatic carbocycles. The van der Waals surface area contributed by atoms with E-state index >= 15 is 0 Å². The molecule has 1 N–H and O–H groups in total. The van der Waals surface area contributed by atoms with Gasteiger partial charge in [-0.25, -0.2) is 0 Å². The Labute approximate surface area is 164 Å². The minimum atomic E-state index is -0.219. The summed E-state index contributed by atoms with van der Waals surface area (Å²) in [7, 11) is 1.62. The predicted molar refractivity (Wildman–Crippen MR) is 109 cm³/mol. The monoisotopic (exact) mass is 392 g/mol. The molecule has 2 aromatic heterocycles. The fourth-order valence-electron chi connectivity index (χ4n) is 2.51. The van der Waals surface area contributed by atoms with Gasteiger partial charge in [-0.2, -0.15) is 0 Å². The third-order valence-electron chi connectivity index (χ3n) is 3.79. The average Bonchev–Trinajstić information content (AvgIpc) is 3.22. The first-order valence-corrected chi connectivity index (χ1v) is 9.13. The second-order valence-electron chi connectivity index (χ2n) is 5.58. The van der Waals surface area contributed by atoms with Crippen molar-refractivity contribution in [1.82, 2.24) is 10.3 Å². The van der Waals surface area contributed by atoms with Crippen LogP contribution in [0.1, 0.15) is 16.9 Å². The molecule has 132 valence electrons. The number of thioether (sulfide) groups is 1. The van der Waals surface area contributed by atoms with Gasteiger partial charge in [-0.3, -0.25) is 9.78 Å². The Balaban J connectivity index is 1.68. The van der Waals surface area contributed by atoms with Gasteiger partial charge in [0.25, 0.3) is 5.91 Å². The summed E-state index contributed by atoms with van der Waals surface area (Å²) in [6, 6.07) is 9.30. The van der Waals surface area contributed by atoms with Gasteiger partial charge in [-0.05, 0) is 30.3 Å². The Morgan fingerprint density at radius 3 is 2.78 bits per heavy atom. The molecule has 1 aliphatic heterocycles. The number of rotatable bonds is 2. The third kappa shape index (κ3) is 3.72. The van der Waals surface area contributed by atoms with E-state index in [1.807, 2.05) is 30.3 Å². The first kappa shape index (κ1) is 17.3. The molecule has 1 saturated heterocycles. The molecule has 4 rings (SSSR count). The van der Waals surface area contributed by atoms with Crippen molar-refractivity contribution < 1.29 is 13.9 Å². The van der Waals surface area contributed by atoms with Gasteiger partial charge >= 0.3 is 0 Å². The zero-order valence-electron chi connectivity index (χ0n) is 14.1. The highest BCUT2D eigenvalue weighted by Gasteiger charge is 2.22. The second-order valence-corrected chi connectivity index (χ2v) is 7.30. The number of thiocarbonyl (C=S) groups is 1. The number of hydrogen-bond acceptors (Lipinski definition) is 6. The van der Waals surface area contributed by atoms with E-state index in [1.165, 1.54) is 11.8 Å². The van der Waals surface area contributed by atoms with Crippen molar-refractivity contribution in [3.05, 3.63) is 64.5 Å². The quantitative estimate of drug-likeness (QED) is 0.407. The van der Waals surface area contributed by atoms with E-state index in [0.717, 1.165) is 16.7 Å². The van der Waals surface area contributed by atoms with Gasteiger partial charge < -0.3 is 14.5 Å². The smallest absolute Gasteiger partial charge is 0.263 e. The van der Waals surface area contributed by atoms with Crippen LogP contribution in [-0.2, 0) is 4.79 Å². The van der Waals surface area contributed by atoms with Gasteiger partial charge in [0, 0.05) is 29.4 Å². The Bertz CT molecular complexity index is 1150. The van der Waals surface area contributed by atoms with E-state index in [9.17, 15) is 4.79 Å². The average molecular weight is 392 g/mol. The maximum atomic E-state index is 11.8. The first-order valence-electron chi connectivity index (χ1n) is 7.91. The predicted octanol–water partition coefficient (Wildman–Crippen LogP) is 3.73. The summed E-state index contributed by atoms with van der Waals surface area (Å²) in [5.41, 5.74) is 2.16. The lowest BCUT2D eigenvalue weighted by molar-refractivity contribution is -0.115. The van der Waals surface area contributed by atoms with Crippen molar-refractivity contribution in [3.63, 3.8) is 0 Å². The maximum Gasteiger partial charge on any atom is 0.263 e. The number of nitrogens with one attached hydrogen (secondary N) is 1. The van der Waals surface area contributed by atoms with Crippen LogP contribution in [0.4, 0.5) is 0 Å². The highest BCUT2D eigenvalue weighted by Crippen LogP contribution is 2.29. The minimum absolute atomic E-state index is 0.219. The van der Waals surface area contributed by atoms with Crippen LogP contribution in [0.15, 0.2) is 52.0 Å². The van der Waals surface area contributed by atoms with E-state index in [0.29, 0.717) is 26.1 Å². The highest BCUT2D eigenvalue weighted by molar-refractivity contribution is 8.26. The Morgan fingerprint density at radius 1 is 1.26 bits per heavy atom. The fourth-order valence-corrected chi connectivity index (χ4v) is 3.53. The summed E-state index contributed by atoms with van der Waals surface area (Å²) in [5.74, 6) is 7.29. The van der Waals surface area contributed by atoms with Crippen molar-refractivity contribution in [2.75, 3.05) is 7.11 Å². The van der Waals surface area contributed by atoms with E-state index in [1.54, 1.807) is 25.6 Å². The molecule has 1 aromatic carbocycles. The van der Waals surface area contributed by atoms with Crippen LogP contribution >= 0.6 is 24.0 Å².